The maximum atomic E-state index is 12.1. The van der Waals surface area contributed by atoms with Crippen molar-refractivity contribution in [3.05, 3.63) is 0 Å². The van der Waals surface area contributed by atoms with E-state index < -0.39 is 87.7 Å². The van der Waals surface area contributed by atoms with Crippen molar-refractivity contribution in [2.75, 3.05) is 0 Å². The molecule has 0 amide bonds. The van der Waals surface area contributed by atoms with Gasteiger partial charge in [0, 0.05) is 5.92 Å². The first kappa shape index (κ1) is 44.5. The fourth-order valence-corrected chi connectivity index (χ4v) is 11.6. The first-order chi connectivity index (χ1) is 21.7. The molecule has 13 nitrogen and oxygen atoms in total. The standard InChI is InChI=1S/C33H56O13S.2Na/c1-16(2)7-6-10-33(5,40)28-22(34)15-20-18-14-23(46-47(41,42)43)21-13-17(8-11-31(21,3)19(18)9-12-32(20,28)4)44-30-26(37)24(35)25(36)27(45-30)29(38)39;;/h16-28,30,34-37,40H,6-15H2,1-5H3,(H,38,39)(H,41,42,43);;/q;2*+1/p-2/t17-,18+,19?,20-,21+,22-,23-,24-,25-,26+,27-,28-,30+,31+,32-,33-;;/m0../s1. The Balaban J connectivity index is 0.00000325. The molecule has 16 heteroatoms. The number of rotatable bonds is 10. The van der Waals surface area contributed by atoms with Gasteiger partial charge in [0.2, 0.25) is 10.4 Å². The summed E-state index contributed by atoms with van der Waals surface area (Å²) in [5.41, 5.74) is -1.96. The Bertz CT molecular complexity index is 1250. The van der Waals surface area contributed by atoms with Gasteiger partial charge in [-0.25, -0.2) is 8.42 Å². The molecule has 49 heavy (non-hydrogen) atoms. The minimum atomic E-state index is -5.10. The first-order valence-corrected chi connectivity index (χ1v) is 18.6. The van der Waals surface area contributed by atoms with Crippen LogP contribution in [0.15, 0.2) is 0 Å². The van der Waals surface area contributed by atoms with E-state index in [0.717, 1.165) is 25.7 Å². The molecular formula is C33H54Na2O13S. The predicted octanol–water partition coefficient (Wildman–Crippen LogP) is -5.40. The third-order valence-electron chi connectivity index (χ3n) is 13.1. The van der Waals surface area contributed by atoms with Crippen molar-refractivity contribution in [3.8, 4) is 0 Å². The Hall–Kier alpha value is 1.06. The minimum Gasteiger partial charge on any atom is -0.726 e. The largest absolute Gasteiger partial charge is 1.00 e. The molecule has 4 saturated carbocycles. The summed E-state index contributed by atoms with van der Waals surface area (Å²) in [4.78, 5) is 11.5. The van der Waals surface area contributed by atoms with Crippen LogP contribution < -0.4 is 64.2 Å². The van der Waals surface area contributed by atoms with Crippen LogP contribution in [0, 0.1) is 46.3 Å². The van der Waals surface area contributed by atoms with Crippen LogP contribution in [0.5, 0.6) is 0 Å². The quantitative estimate of drug-likeness (QED) is 0.0612. The van der Waals surface area contributed by atoms with Crippen LogP contribution in [0.1, 0.15) is 98.8 Å². The zero-order valence-electron chi connectivity index (χ0n) is 30.1. The van der Waals surface area contributed by atoms with Crippen molar-refractivity contribution in [1.82, 2.24) is 0 Å². The Labute approximate surface area is 334 Å². The molecule has 0 aromatic heterocycles. The summed E-state index contributed by atoms with van der Waals surface area (Å²) in [6.07, 6.45) is -5.52. The first-order valence-electron chi connectivity index (χ1n) is 17.3. The average molecular weight is 737 g/mol. The van der Waals surface area contributed by atoms with Crippen LogP contribution in [-0.4, -0.2) is 99.1 Å². The van der Waals surface area contributed by atoms with Crippen LogP contribution >= 0.6 is 0 Å². The van der Waals surface area contributed by atoms with Crippen LogP contribution in [-0.2, 0) is 28.9 Å². The number of carboxylic acids is 1. The fourth-order valence-electron chi connectivity index (χ4n) is 11.1. The van der Waals surface area contributed by atoms with Gasteiger partial charge < -0.3 is 49.5 Å². The van der Waals surface area contributed by atoms with Gasteiger partial charge >= 0.3 is 59.1 Å². The topological polar surface area (TPSA) is 226 Å². The van der Waals surface area contributed by atoms with E-state index in [2.05, 4.69) is 27.7 Å². The van der Waals surface area contributed by atoms with Crippen molar-refractivity contribution in [2.24, 2.45) is 46.3 Å². The second-order valence-electron chi connectivity index (χ2n) is 16.5. The smallest absolute Gasteiger partial charge is 0.726 e. The second kappa shape index (κ2) is 16.4. The molecule has 1 heterocycles. The molecule has 1 saturated heterocycles. The van der Waals surface area contributed by atoms with Gasteiger partial charge in [0.1, 0.15) is 24.4 Å². The van der Waals surface area contributed by atoms with E-state index >= 15 is 0 Å². The Morgan fingerprint density at radius 2 is 1.59 bits per heavy atom. The van der Waals surface area contributed by atoms with E-state index in [-0.39, 0.29) is 95.6 Å². The molecule has 5 fully saturated rings. The SMILES string of the molecule is CC(C)CCC[C@](C)(O)[C@H]1[C@@H](O)C[C@H]2[C@@H]3C[C@H](OS(=O)(=O)[O-])[C@H]4C[C@@H](O[C@@H]5O[C@H](C(=O)[O-])[C@@H](O)[C@H](O)[C@H]5O)CC[C@]4(C)C3CC[C@@]21C.[Na+].[Na+]. The number of hydrogen-bond acceptors (Lipinski definition) is 13. The van der Waals surface area contributed by atoms with E-state index in [4.69, 9.17) is 13.7 Å². The number of carbonyl (C=O) groups excluding carboxylic acids is 1. The van der Waals surface area contributed by atoms with Gasteiger partial charge in [-0.3, -0.25) is 4.18 Å². The normalized spacial score (nSPS) is 46.3. The number of ether oxygens (including phenoxy) is 2. The molecule has 4 aliphatic carbocycles. The third kappa shape index (κ3) is 8.81. The van der Waals surface area contributed by atoms with Crippen molar-refractivity contribution in [3.63, 3.8) is 0 Å². The maximum Gasteiger partial charge on any atom is 1.00 e. The van der Waals surface area contributed by atoms with E-state index in [1.807, 2.05) is 6.92 Å². The van der Waals surface area contributed by atoms with Crippen LogP contribution in [0.25, 0.3) is 0 Å². The van der Waals surface area contributed by atoms with Gasteiger partial charge in [0.15, 0.2) is 6.29 Å². The molecule has 0 aromatic carbocycles. The maximum absolute atomic E-state index is 12.1. The van der Waals surface area contributed by atoms with Gasteiger partial charge in [-0.05, 0) is 98.7 Å². The minimum absolute atomic E-state index is 0. The number of hydrogen-bond donors (Lipinski definition) is 5. The molecule has 0 spiro atoms. The number of fused-ring (bicyclic) bond motifs is 5. The van der Waals surface area contributed by atoms with Crippen LogP contribution in [0.3, 0.4) is 0 Å². The molecule has 5 aliphatic rings. The number of carbonyl (C=O) groups is 1. The van der Waals surface area contributed by atoms with Crippen LogP contribution in [0.2, 0.25) is 0 Å². The molecule has 16 atom stereocenters. The Kier molecular flexibility index (Phi) is 14.9. The van der Waals surface area contributed by atoms with Crippen molar-refractivity contribution >= 4 is 16.4 Å². The van der Waals surface area contributed by atoms with Crippen molar-refractivity contribution in [1.29, 1.82) is 0 Å². The van der Waals surface area contributed by atoms with Gasteiger partial charge in [0.25, 0.3) is 0 Å². The molecule has 0 aromatic rings. The molecular weight excluding hydrogens is 682 g/mol. The van der Waals surface area contributed by atoms with Gasteiger partial charge in [-0.2, -0.15) is 0 Å². The number of aliphatic carboxylic acids is 1. The van der Waals surface area contributed by atoms with E-state index in [0.29, 0.717) is 31.6 Å². The summed E-state index contributed by atoms with van der Waals surface area (Å²) in [5, 5.41) is 65.5. The molecule has 0 bridgehead atoms. The molecule has 0 radical (unpaired) electrons. The summed E-state index contributed by atoms with van der Waals surface area (Å²) in [6.45, 7) is 10.3. The molecule has 1 aliphatic heterocycles. The van der Waals surface area contributed by atoms with Gasteiger partial charge in [-0.1, -0.05) is 40.5 Å². The van der Waals surface area contributed by atoms with E-state index in [1.54, 1.807) is 0 Å². The summed E-state index contributed by atoms with van der Waals surface area (Å²) in [7, 11) is -5.10. The summed E-state index contributed by atoms with van der Waals surface area (Å²) in [5.74, 6) is -2.05. The molecule has 272 valence electrons. The van der Waals surface area contributed by atoms with Crippen molar-refractivity contribution in [2.45, 2.75) is 153 Å². The molecule has 1 unspecified atom stereocenters. The summed E-state index contributed by atoms with van der Waals surface area (Å²) < 4.78 is 52.8. The monoisotopic (exact) mass is 736 g/mol. The van der Waals surface area contributed by atoms with Crippen molar-refractivity contribution < 1.29 is 121 Å². The van der Waals surface area contributed by atoms with E-state index in [1.165, 1.54) is 0 Å². The molecule has 5 rings (SSSR count). The zero-order chi connectivity index (χ0) is 34.9. The fraction of sp³-hybridized carbons (Fsp3) is 0.970. The van der Waals surface area contributed by atoms with E-state index in [9.17, 15) is 48.4 Å². The summed E-state index contributed by atoms with van der Waals surface area (Å²) in [6, 6.07) is 0. The predicted molar refractivity (Wildman–Crippen MR) is 162 cm³/mol. The van der Waals surface area contributed by atoms with Gasteiger partial charge in [0.05, 0.1) is 29.9 Å². The Morgan fingerprint density at radius 1 is 0.959 bits per heavy atom. The third-order valence-corrected chi connectivity index (χ3v) is 13.6. The molecule has 5 N–H and O–H groups in total. The Morgan fingerprint density at radius 3 is 2.18 bits per heavy atom. The average Bonchev–Trinajstić information content (AvgIpc) is 3.23. The second-order valence-corrected chi connectivity index (χ2v) is 17.5. The summed E-state index contributed by atoms with van der Waals surface area (Å²) >= 11 is 0. The number of aliphatic hydroxyl groups is 5. The van der Waals surface area contributed by atoms with Crippen LogP contribution in [0.4, 0.5) is 0 Å². The van der Waals surface area contributed by atoms with Gasteiger partial charge in [-0.15, -0.1) is 0 Å². The zero-order valence-corrected chi connectivity index (χ0v) is 34.9. The number of carboxylic acid groups (broad SMARTS) is 1. The number of aliphatic hydroxyl groups excluding tert-OH is 4.